The van der Waals surface area contributed by atoms with E-state index in [1.165, 1.54) is 11.1 Å². The fourth-order valence-corrected chi connectivity index (χ4v) is 3.61. The zero-order chi connectivity index (χ0) is 20.2. The molecule has 4 N–H and O–H groups in total. The number of hydrogen-bond acceptors (Lipinski definition) is 5. The van der Waals surface area contributed by atoms with E-state index < -0.39 is 5.91 Å². The summed E-state index contributed by atoms with van der Waals surface area (Å²) in [6, 6.07) is 16.0. The predicted octanol–water partition coefficient (Wildman–Crippen LogP) is 3.11. The number of benzene rings is 2. The molecule has 2 heterocycles. The molecule has 148 valence electrons. The van der Waals surface area contributed by atoms with E-state index in [0.717, 1.165) is 36.2 Å². The first-order valence-electron chi connectivity index (χ1n) is 9.63. The quantitative estimate of drug-likeness (QED) is 0.604. The van der Waals surface area contributed by atoms with E-state index in [0.29, 0.717) is 23.7 Å². The van der Waals surface area contributed by atoms with Gasteiger partial charge in [-0.2, -0.15) is 0 Å². The van der Waals surface area contributed by atoms with Crippen LogP contribution in [0.5, 0.6) is 5.88 Å². The Bertz CT molecular complexity index is 1050. The predicted molar refractivity (Wildman–Crippen MR) is 114 cm³/mol. The van der Waals surface area contributed by atoms with Crippen LogP contribution in [0.1, 0.15) is 27.0 Å². The van der Waals surface area contributed by atoms with Crippen molar-refractivity contribution in [1.82, 2.24) is 10.3 Å². The molecule has 6 nitrogen and oxygen atoms in total. The largest absolute Gasteiger partial charge is 0.481 e. The third kappa shape index (κ3) is 4.22. The standard InChI is InChI=1S/C23H24N4O2/c1-29-22-10-15(6-9-26-22)13-27-21-12-18(4-5-20(21)23(24)28)17-3-2-16-7-8-25-14-19(16)11-17/h2-6,9-12,25,27H,7-8,13-14H2,1H3,(H2,24,28). The van der Waals surface area contributed by atoms with E-state index in [1.807, 2.05) is 24.3 Å². The Kier molecular flexibility index (Phi) is 5.44. The highest BCUT2D eigenvalue weighted by Crippen LogP contribution is 2.29. The number of methoxy groups -OCH3 is 1. The molecule has 1 amide bonds. The van der Waals surface area contributed by atoms with Crippen molar-refractivity contribution in [2.75, 3.05) is 19.0 Å². The fourth-order valence-electron chi connectivity index (χ4n) is 3.61. The number of anilines is 1. The molecule has 0 atom stereocenters. The van der Waals surface area contributed by atoms with Crippen molar-refractivity contribution in [3.8, 4) is 17.0 Å². The first kappa shape index (κ1) is 19.0. The minimum Gasteiger partial charge on any atom is -0.481 e. The normalized spacial score (nSPS) is 12.9. The number of ether oxygens (including phenoxy) is 1. The van der Waals surface area contributed by atoms with Crippen LogP contribution in [0, 0.1) is 0 Å². The zero-order valence-electron chi connectivity index (χ0n) is 16.4. The van der Waals surface area contributed by atoms with Crippen molar-refractivity contribution in [1.29, 1.82) is 0 Å². The maximum Gasteiger partial charge on any atom is 0.250 e. The lowest BCUT2D eigenvalue weighted by Gasteiger charge is -2.18. The zero-order valence-corrected chi connectivity index (χ0v) is 16.4. The summed E-state index contributed by atoms with van der Waals surface area (Å²) in [6.07, 6.45) is 2.75. The van der Waals surface area contributed by atoms with Crippen molar-refractivity contribution < 1.29 is 9.53 Å². The number of carbonyl (C=O) groups excluding carboxylic acids is 1. The number of fused-ring (bicyclic) bond motifs is 1. The van der Waals surface area contributed by atoms with Gasteiger partial charge in [0.25, 0.3) is 5.91 Å². The molecular formula is C23H24N4O2. The van der Waals surface area contributed by atoms with Crippen LogP contribution >= 0.6 is 0 Å². The number of rotatable bonds is 6. The van der Waals surface area contributed by atoms with Crippen LogP contribution in [0.25, 0.3) is 11.1 Å². The van der Waals surface area contributed by atoms with Crippen LogP contribution in [-0.2, 0) is 19.5 Å². The highest BCUT2D eigenvalue weighted by atomic mass is 16.5. The van der Waals surface area contributed by atoms with Crippen molar-refractivity contribution in [3.63, 3.8) is 0 Å². The van der Waals surface area contributed by atoms with E-state index in [-0.39, 0.29) is 0 Å². The van der Waals surface area contributed by atoms with Crippen LogP contribution in [0.2, 0.25) is 0 Å². The Balaban J connectivity index is 1.63. The number of carbonyl (C=O) groups is 1. The number of nitrogens with two attached hydrogens (primary N) is 1. The second-order valence-corrected chi connectivity index (χ2v) is 7.09. The van der Waals surface area contributed by atoms with E-state index in [2.05, 4.69) is 33.8 Å². The Morgan fingerprint density at radius 3 is 2.79 bits per heavy atom. The Morgan fingerprint density at radius 2 is 1.97 bits per heavy atom. The fraction of sp³-hybridized carbons (Fsp3) is 0.217. The lowest BCUT2D eigenvalue weighted by molar-refractivity contribution is 0.100. The second kappa shape index (κ2) is 8.32. The summed E-state index contributed by atoms with van der Waals surface area (Å²) in [5.41, 5.74) is 12.6. The van der Waals surface area contributed by atoms with Crippen LogP contribution in [0.3, 0.4) is 0 Å². The van der Waals surface area contributed by atoms with Crippen molar-refractivity contribution in [3.05, 3.63) is 77.0 Å². The molecule has 1 aliphatic heterocycles. The lowest BCUT2D eigenvalue weighted by atomic mass is 9.94. The van der Waals surface area contributed by atoms with Gasteiger partial charge >= 0.3 is 0 Å². The molecule has 0 radical (unpaired) electrons. The number of amides is 1. The molecule has 0 saturated carbocycles. The SMILES string of the molecule is COc1cc(CNc2cc(-c3ccc4c(c3)CNCC4)ccc2C(N)=O)ccn1. The molecular weight excluding hydrogens is 364 g/mol. The monoisotopic (exact) mass is 388 g/mol. The van der Waals surface area contributed by atoms with Gasteiger partial charge in [0.05, 0.1) is 12.7 Å². The summed E-state index contributed by atoms with van der Waals surface area (Å²) >= 11 is 0. The topological polar surface area (TPSA) is 89.3 Å². The maximum absolute atomic E-state index is 11.9. The molecule has 0 spiro atoms. The van der Waals surface area contributed by atoms with Gasteiger partial charge in [-0.1, -0.05) is 18.2 Å². The lowest BCUT2D eigenvalue weighted by Crippen LogP contribution is -2.23. The Morgan fingerprint density at radius 1 is 1.14 bits per heavy atom. The average Bonchev–Trinajstić information content (AvgIpc) is 2.77. The third-order valence-corrected chi connectivity index (χ3v) is 5.20. The summed E-state index contributed by atoms with van der Waals surface area (Å²) < 4.78 is 5.17. The van der Waals surface area contributed by atoms with Crippen LogP contribution in [-0.4, -0.2) is 24.5 Å². The summed E-state index contributed by atoms with van der Waals surface area (Å²) in [4.78, 5) is 16.0. The molecule has 0 unspecified atom stereocenters. The van der Waals surface area contributed by atoms with Crippen LogP contribution < -0.4 is 21.1 Å². The molecule has 3 aromatic rings. The molecule has 4 rings (SSSR count). The van der Waals surface area contributed by atoms with Crippen molar-refractivity contribution in [2.45, 2.75) is 19.5 Å². The number of nitrogens with one attached hydrogen (secondary N) is 2. The van der Waals surface area contributed by atoms with Gasteiger partial charge < -0.3 is 21.1 Å². The minimum absolute atomic E-state index is 0.457. The van der Waals surface area contributed by atoms with E-state index in [9.17, 15) is 4.79 Å². The molecule has 0 fully saturated rings. The van der Waals surface area contributed by atoms with Crippen molar-refractivity contribution >= 4 is 11.6 Å². The maximum atomic E-state index is 11.9. The number of primary amides is 1. The van der Waals surface area contributed by atoms with E-state index in [4.69, 9.17) is 10.5 Å². The molecule has 1 aliphatic rings. The van der Waals surface area contributed by atoms with E-state index >= 15 is 0 Å². The average molecular weight is 388 g/mol. The van der Waals surface area contributed by atoms with Gasteiger partial charge in [0.1, 0.15) is 0 Å². The van der Waals surface area contributed by atoms with Gasteiger partial charge in [-0.05, 0) is 65.0 Å². The molecule has 1 aromatic heterocycles. The molecule has 2 aromatic carbocycles. The minimum atomic E-state index is -0.457. The summed E-state index contributed by atoms with van der Waals surface area (Å²) in [7, 11) is 1.59. The molecule has 0 saturated heterocycles. The Labute approximate surface area is 170 Å². The first-order chi connectivity index (χ1) is 14.1. The van der Waals surface area contributed by atoms with E-state index in [1.54, 1.807) is 19.4 Å². The molecule has 0 bridgehead atoms. The number of pyridine rings is 1. The van der Waals surface area contributed by atoms with Gasteiger partial charge in [0, 0.05) is 31.0 Å². The number of hydrogen-bond donors (Lipinski definition) is 3. The van der Waals surface area contributed by atoms with Gasteiger partial charge in [0.2, 0.25) is 5.88 Å². The third-order valence-electron chi connectivity index (χ3n) is 5.20. The Hall–Kier alpha value is -3.38. The highest BCUT2D eigenvalue weighted by molar-refractivity contribution is 5.99. The van der Waals surface area contributed by atoms with Gasteiger partial charge in [-0.3, -0.25) is 4.79 Å². The van der Waals surface area contributed by atoms with Crippen LogP contribution in [0.15, 0.2) is 54.7 Å². The van der Waals surface area contributed by atoms with Gasteiger partial charge in [0.15, 0.2) is 0 Å². The smallest absolute Gasteiger partial charge is 0.250 e. The number of nitrogens with zero attached hydrogens (tertiary/aromatic N) is 1. The number of aromatic nitrogens is 1. The summed E-state index contributed by atoms with van der Waals surface area (Å²) in [5, 5.41) is 6.75. The molecule has 0 aliphatic carbocycles. The first-order valence-corrected chi connectivity index (χ1v) is 9.63. The summed E-state index contributed by atoms with van der Waals surface area (Å²) in [6.45, 7) is 2.43. The molecule has 6 heteroatoms. The van der Waals surface area contributed by atoms with Crippen molar-refractivity contribution in [2.24, 2.45) is 5.73 Å². The second-order valence-electron chi connectivity index (χ2n) is 7.09. The van der Waals surface area contributed by atoms with Crippen LogP contribution in [0.4, 0.5) is 5.69 Å². The van der Waals surface area contributed by atoms with Gasteiger partial charge in [-0.25, -0.2) is 4.98 Å². The molecule has 29 heavy (non-hydrogen) atoms. The summed E-state index contributed by atoms with van der Waals surface area (Å²) in [5.74, 6) is 0.0943. The van der Waals surface area contributed by atoms with Gasteiger partial charge in [-0.15, -0.1) is 0 Å². The highest BCUT2D eigenvalue weighted by Gasteiger charge is 2.13.